The molecular formula is C31H25N3O3. The first-order valence-electron chi connectivity index (χ1n) is 12.2. The zero-order valence-electron chi connectivity index (χ0n) is 20.1. The minimum atomic E-state index is -0.778. The quantitative estimate of drug-likeness (QED) is 0.291. The lowest BCUT2D eigenvalue weighted by molar-refractivity contribution is -0.120. The van der Waals surface area contributed by atoms with Crippen molar-refractivity contribution >= 4 is 28.6 Å². The Kier molecular flexibility index (Phi) is 5.91. The number of aromatic amines is 1. The first-order valence-corrected chi connectivity index (χ1v) is 12.2. The van der Waals surface area contributed by atoms with Crippen LogP contribution in [0.15, 0.2) is 109 Å². The van der Waals surface area contributed by atoms with E-state index in [2.05, 4.69) is 22.4 Å². The maximum absolute atomic E-state index is 13.6. The average Bonchev–Trinajstić information content (AvgIpc) is 3.57. The van der Waals surface area contributed by atoms with Gasteiger partial charge in [-0.15, -0.1) is 0 Å². The Bertz CT molecular complexity index is 1590. The van der Waals surface area contributed by atoms with Gasteiger partial charge in [-0.05, 0) is 63.5 Å². The van der Waals surface area contributed by atoms with E-state index in [1.54, 1.807) is 0 Å². The lowest BCUT2D eigenvalue weighted by Crippen LogP contribution is -2.37. The van der Waals surface area contributed by atoms with E-state index in [0.29, 0.717) is 12.2 Å². The summed E-state index contributed by atoms with van der Waals surface area (Å²) in [5, 5.41) is 4.16. The van der Waals surface area contributed by atoms with E-state index in [9.17, 15) is 9.59 Å². The number of rotatable bonds is 5. The van der Waals surface area contributed by atoms with E-state index in [4.69, 9.17) is 4.74 Å². The van der Waals surface area contributed by atoms with Gasteiger partial charge in [0.15, 0.2) is 0 Å². The Balaban J connectivity index is 1.23. The molecule has 0 radical (unpaired) electrons. The zero-order valence-corrected chi connectivity index (χ0v) is 20.1. The molecule has 0 spiro atoms. The molecule has 0 unspecified atom stereocenters. The highest BCUT2D eigenvalue weighted by atomic mass is 16.6. The highest BCUT2D eigenvalue weighted by Gasteiger charge is 2.39. The molecule has 0 saturated heterocycles. The minimum Gasteiger partial charge on any atom is -0.445 e. The third-order valence-electron chi connectivity index (χ3n) is 6.71. The van der Waals surface area contributed by atoms with Gasteiger partial charge >= 0.3 is 6.09 Å². The summed E-state index contributed by atoms with van der Waals surface area (Å²) in [7, 11) is 0. The zero-order chi connectivity index (χ0) is 25.2. The topological polar surface area (TPSA) is 74.4 Å². The molecule has 6 rings (SSSR count). The largest absolute Gasteiger partial charge is 0.445 e. The number of carbonyl (C=O) groups is 2. The molecule has 6 heteroatoms. The molecule has 1 aliphatic heterocycles. The molecule has 2 amide bonds. The molecular weight excluding hydrogens is 462 g/mol. The summed E-state index contributed by atoms with van der Waals surface area (Å²) in [6.07, 6.45) is 1.40. The number of nitrogens with one attached hydrogen (secondary N) is 2. The van der Waals surface area contributed by atoms with E-state index >= 15 is 0 Å². The van der Waals surface area contributed by atoms with Gasteiger partial charge in [-0.3, -0.25) is 9.69 Å². The van der Waals surface area contributed by atoms with Crippen molar-refractivity contribution in [3.63, 3.8) is 0 Å². The first kappa shape index (κ1) is 22.6. The summed E-state index contributed by atoms with van der Waals surface area (Å²) >= 11 is 0. The molecule has 2 N–H and O–H groups in total. The van der Waals surface area contributed by atoms with Crippen molar-refractivity contribution in [2.45, 2.75) is 19.2 Å². The number of anilines is 1. The van der Waals surface area contributed by atoms with Crippen LogP contribution in [-0.4, -0.2) is 21.9 Å². The SMILES string of the molecule is O=C(Nc1cccc(-c2ccc3[nH]ccc3c2)c1)[C@@H]1c2ccccc2CN1C(=O)OCc1ccccc1. The molecule has 5 aromatic rings. The molecule has 0 fully saturated rings. The van der Waals surface area contributed by atoms with Gasteiger partial charge in [0.25, 0.3) is 5.91 Å². The third-order valence-corrected chi connectivity index (χ3v) is 6.71. The second-order valence-electron chi connectivity index (χ2n) is 9.12. The van der Waals surface area contributed by atoms with Crippen molar-refractivity contribution in [1.29, 1.82) is 0 Å². The highest BCUT2D eigenvalue weighted by Crippen LogP contribution is 2.35. The van der Waals surface area contributed by atoms with E-state index in [-0.39, 0.29) is 12.5 Å². The van der Waals surface area contributed by atoms with Crippen molar-refractivity contribution < 1.29 is 14.3 Å². The fourth-order valence-electron chi connectivity index (χ4n) is 4.86. The predicted octanol–water partition coefficient (Wildman–Crippen LogP) is 6.67. The van der Waals surface area contributed by atoms with Crippen LogP contribution in [0.2, 0.25) is 0 Å². The van der Waals surface area contributed by atoms with Gasteiger partial charge in [0, 0.05) is 17.4 Å². The van der Waals surface area contributed by atoms with Crippen LogP contribution in [0.1, 0.15) is 22.7 Å². The van der Waals surface area contributed by atoms with Gasteiger partial charge in [0.2, 0.25) is 0 Å². The van der Waals surface area contributed by atoms with E-state index < -0.39 is 12.1 Å². The van der Waals surface area contributed by atoms with Gasteiger partial charge in [-0.1, -0.05) is 72.8 Å². The number of hydrogen-bond acceptors (Lipinski definition) is 3. The molecule has 1 aliphatic rings. The Hall–Kier alpha value is -4.84. The van der Waals surface area contributed by atoms with Crippen molar-refractivity contribution in [3.05, 3.63) is 126 Å². The van der Waals surface area contributed by atoms with Crippen molar-refractivity contribution in [2.24, 2.45) is 0 Å². The number of fused-ring (bicyclic) bond motifs is 2. The number of carbonyl (C=O) groups excluding carboxylic acids is 2. The monoisotopic (exact) mass is 487 g/mol. The molecule has 1 aromatic heterocycles. The molecule has 0 saturated carbocycles. The summed E-state index contributed by atoms with van der Waals surface area (Å²) < 4.78 is 5.58. The fourth-order valence-corrected chi connectivity index (χ4v) is 4.86. The average molecular weight is 488 g/mol. The molecule has 0 aliphatic carbocycles. The van der Waals surface area contributed by atoms with Crippen LogP contribution < -0.4 is 5.32 Å². The van der Waals surface area contributed by atoms with Crippen LogP contribution in [0.25, 0.3) is 22.0 Å². The maximum atomic E-state index is 13.6. The molecule has 37 heavy (non-hydrogen) atoms. The van der Waals surface area contributed by atoms with E-state index in [1.165, 1.54) is 4.90 Å². The number of aromatic nitrogens is 1. The fraction of sp³-hybridized carbons (Fsp3) is 0.0968. The Morgan fingerprint density at radius 3 is 2.57 bits per heavy atom. The number of H-pyrrole nitrogens is 1. The normalized spacial score (nSPS) is 14.4. The van der Waals surface area contributed by atoms with Gasteiger partial charge in [0.05, 0.1) is 6.54 Å². The number of nitrogens with zero attached hydrogens (tertiary/aromatic N) is 1. The Morgan fingerprint density at radius 1 is 0.865 bits per heavy atom. The Labute approximate surface area is 214 Å². The predicted molar refractivity (Wildman–Crippen MR) is 144 cm³/mol. The second kappa shape index (κ2) is 9.66. The molecule has 1 atom stereocenters. The van der Waals surface area contributed by atoms with Crippen LogP contribution in [0.3, 0.4) is 0 Å². The number of amides is 2. The van der Waals surface area contributed by atoms with Crippen molar-refractivity contribution in [1.82, 2.24) is 9.88 Å². The number of hydrogen-bond donors (Lipinski definition) is 2. The van der Waals surface area contributed by atoms with Gasteiger partial charge in [-0.2, -0.15) is 0 Å². The number of benzene rings is 4. The first-order chi connectivity index (χ1) is 18.2. The summed E-state index contributed by atoms with van der Waals surface area (Å²) in [5.74, 6) is -0.278. The van der Waals surface area contributed by atoms with Crippen LogP contribution in [0.5, 0.6) is 0 Å². The molecule has 6 nitrogen and oxygen atoms in total. The van der Waals surface area contributed by atoms with E-state index in [0.717, 1.165) is 38.7 Å². The van der Waals surface area contributed by atoms with Crippen LogP contribution in [0.4, 0.5) is 10.5 Å². The lowest BCUT2D eigenvalue weighted by Gasteiger charge is -2.24. The third kappa shape index (κ3) is 4.57. The van der Waals surface area contributed by atoms with Crippen molar-refractivity contribution in [2.75, 3.05) is 5.32 Å². The summed E-state index contributed by atoms with van der Waals surface area (Å²) in [5.41, 5.74) is 6.43. The molecule has 4 aromatic carbocycles. The van der Waals surface area contributed by atoms with Gasteiger partial charge < -0.3 is 15.0 Å². The molecule has 182 valence electrons. The minimum absolute atomic E-state index is 0.147. The summed E-state index contributed by atoms with van der Waals surface area (Å²) in [6, 6.07) is 32.4. The summed E-state index contributed by atoms with van der Waals surface area (Å²) in [6.45, 7) is 0.465. The van der Waals surface area contributed by atoms with Crippen LogP contribution in [0, 0.1) is 0 Å². The highest BCUT2D eigenvalue weighted by molar-refractivity contribution is 5.98. The molecule has 2 heterocycles. The van der Waals surface area contributed by atoms with Crippen LogP contribution >= 0.6 is 0 Å². The van der Waals surface area contributed by atoms with Gasteiger partial charge in [-0.25, -0.2) is 4.79 Å². The lowest BCUT2D eigenvalue weighted by atomic mass is 10.0. The Morgan fingerprint density at radius 2 is 1.68 bits per heavy atom. The number of ether oxygens (including phenoxy) is 1. The maximum Gasteiger partial charge on any atom is 0.411 e. The summed E-state index contributed by atoms with van der Waals surface area (Å²) in [4.78, 5) is 31.4. The van der Waals surface area contributed by atoms with Crippen LogP contribution in [-0.2, 0) is 22.7 Å². The van der Waals surface area contributed by atoms with E-state index in [1.807, 2.05) is 97.2 Å². The second-order valence-corrected chi connectivity index (χ2v) is 9.12. The van der Waals surface area contributed by atoms with Gasteiger partial charge in [0.1, 0.15) is 12.6 Å². The molecule has 0 bridgehead atoms. The van der Waals surface area contributed by atoms with Crippen molar-refractivity contribution in [3.8, 4) is 11.1 Å². The smallest absolute Gasteiger partial charge is 0.411 e. The standard InChI is InChI=1S/C31H25N3O3/c35-30(33-26-11-6-10-22(18-26)23-13-14-28-24(17-23)15-16-32-28)29-27-12-5-4-9-25(27)19-34(29)31(36)37-20-21-7-2-1-3-8-21/h1-18,29,32H,19-20H2,(H,33,35)/t29-/m0/s1.